The lowest BCUT2D eigenvalue weighted by atomic mass is 9.87. The number of carbonyl (C=O) groups is 2. The van der Waals surface area contributed by atoms with E-state index in [-0.39, 0.29) is 37.7 Å². The predicted molar refractivity (Wildman–Crippen MR) is 109 cm³/mol. The third-order valence-electron chi connectivity index (χ3n) is 6.58. The first-order chi connectivity index (χ1) is 14.4. The second-order valence-electron chi connectivity index (χ2n) is 8.46. The lowest BCUT2D eigenvalue weighted by molar-refractivity contribution is -0.180. The van der Waals surface area contributed by atoms with Crippen LogP contribution >= 0.6 is 0 Å². The fourth-order valence-electron chi connectivity index (χ4n) is 4.44. The number of methoxy groups -OCH3 is 1. The summed E-state index contributed by atoms with van der Waals surface area (Å²) in [4.78, 5) is 28.0. The van der Waals surface area contributed by atoms with Gasteiger partial charge in [0.2, 0.25) is 0 Å². The molecule has 0 radical (unpaired) electrons. The van der Waals surface area contributed by atoms with Gasteiger partial charge in [-0.3, -0.25) is 9.69 Å². The van der Waals surface area contributed by atoms with E-state index in [0.717, 1.165) is 36.4 Å². The number of ether oxygens (including phenoxy) is 4. The standard InChI is InChI=1S/C23H29NO6/c1-15-12-20(25)30-19-9-11-24-10-8-17(21(19)24)14-28-22(26)23(15,2)29-13-16-4-6-18(27-3)7-5-16/h4-8,15,19,21H,9-14H2,1-3H3/t15-,19+,21+,23+/m0/s1. The second kappa shape index (κ2) is 8.40. The fourth-order valence-corrected chi connectivity index (χ4v) is 4.44. The minimum atomic E-state index is -1.27. The van der Waals surface area contributed by atoms with Gasteiger partial charge in [0.15, 0.2) is 5.60 Å². The van der Waals surface area contributed by atoms with Crippen molar-refractivity contribution >= 4 is 11.9 Å². The molecule has 0 spiro atoms. The molecule has 0 bridgehead atoms. The van der Waals surface area contributed by atoms with Crippen LogP contribution in [0.5, 0.6) is 5.75 Å². The van der Waals surface area contributed by atoms with Crippen molar-refractivity contribution in [3.05, 3.63) is 41.5 Å². The zero-order valence-electron chi connectivity index (χ0n) is 17.8. The summed E-state index contributed by atoms with van der Waals surface area (Å²) in [5, 5.41) is 0. The van der Waals surface area contributed by atoms with E-state index >= 15 is 0 Å². The fraction of sp³-hybridized carbons (Fsp3) is 0.565. The van der Waals surface area contributed by atoms with Crippen molar-refractivity contribution in [3.8, 4) is 5.75 Å². The highest BCUT2D eigenvalue weighted by molar-refractivity contribution is 5.81. The molecule has 3 heterocycles. The van der Waals surface area contributed by atoms with Gasteiger partial charge < -0.3 is 18.9 Å². The Balaban J connectivity index is 1.52. The summed E-state index contributed by atoms with van der Waals surface area (Å²) in [7, 11) is 1.61. The summed E-state index contributed by atoms with van der Waals surface area (Å²) in [5.41, 5.74) is 0.639. The van der Waals surface area contributed by atoms with Gasteiger partial charge in [0.05, 0.1) is 26.2 Å². The Morgan fingerprint density at radius 1 is 1.23 bits per heavy atom. The molecule has 162 valence electrons. The molecule has 3 aliphatic rings. The minimum absolute atomic E-state index is 0.0154. The molecule has 0 aromatic heterocycles. The van der Waals surface area contributed by atoms with E-state index in [1.54, 1.807) is 14.0 Å². The smallest absolute Gasteiger partial charge is 0.338 e. The number of cyclic esters (lactones) is 1. The number of carbonyl (C=O) groups excluding carboxylic acids is 2. The van der Waals surface area contributed by atoms with Crippen LogP contribution in [0.4, 0.5) is 0 Å². The summed E-state index contributed by atoms with van der Waals surface area (Å²) in [5.74, 6) is -0.401. The van der Waals surface area contributed by atoms with E-state index < -0.39 is 17.5 Å². The Kier molecular flexibility index (Phi) is 5.84. The molecule has 1 aromatic carbocycles. The largest absolute Gasteiger partial charge is 0.497 e. The third kappa shape index (κ3) is 3.96. The summed E-state index contributed by atoms with van der Waals surface area (Å²) in [6, 6.07) is 7.47. The molecule has 1 aromatic rings. The topological polar surface area (TPSA) is 74.3 Å². The number of rotatable bonds is 4. The highest BCUT2D eigenvalue weighted by atomic mass is 16.6. The van der Waals surface area contributed by atoms with E-state index in [1.165, 1.54) is 0 Å². The Morgan fingerprint density at radius 2 is 2.00 bits per heavy atom. The Bertz CT molecular complexity index is 835. The van der Waals surface area contributed by atoms with Crippen molar-refractivity contribution in [1.29, 1.82) is 0 Å². The van der Waals surface area contributed by atoms with Gasteiger partial charge in [-0.25, -0.2) is 4.79 Å². The summed E-state index contributed by atoms with van der Waals surface area (Å²) < 4.78 is 22.8. The van der Waals surface area contributed by atoms with Gasteiger partial charge in [-0.15, -0.1) is 0 Å². The lowest BCUT2D eigenvalue weighted by Crippen LogP contribution is -2.46. The molecule has 0 N–H and O–H groups in total. The lowest BCUT2D eigenvalue weighted by Gasteiger charge is -2.33. The van der Waals surface area contributed by atoms with Crippen molar-refractivity contribution in [3.63, 3.8) is 0 Å². The maximum Gasteiger partial charge on any atom is 0.338 e. The quantitative estimate of drug-likeness (QED) is 0.552. The van der Waals surface area contributed by atoms with Crippen LogP contribution in [0.25, 0.3) is 0 Å². The molecule has 3 aliphatic heterocycles. The normalized spacial score (nSPS) is 32.0. The Hall–Kier alpha value is -2.38. The van der Waals surface area contributed by atoms with Crippen molar-refractivity contribution < 1.29 is 28.5 Å². The van der Waals surface area contributed by atoms with Crippen LogP contribution in [0.3, 0.4) is 0 Å². The molecule has 4 atom stereocenters. The maximum absolute atomic E-state index is 13.1. The monoisotopic (exact) mass is 415 g/mol. The zero-order chi connectivity index (χ0) is 21.3. The number of hydrogen-bond donors (Lipinski definition) is 0. The van der Waals surface area contributed by atoms with Crippen molar-refractivity contribution in [1.82, 2.24) is 4.90 Å². The van der Waals surface area contributed by atoms with Gasteiger partial charge in [-0.1, -0.05) is 25.1 Å². The van der Waals surface area contributed by atoms with Crippen LogP contribution in [-0.4, -0.2) is 61.4 Å². The van der Waals surface area contributed by atoms with Crippen LogP contribution < -0.4 is 4.74 Å². The minimum Gasteiger partial charge on any atom is -0.497 e. The highest BCUT2D eigenvalue weighted by Gasteiger charge is 2.47. The molecule has 0 unspecified atom stereocenters. The Labute approximate surface area is 176 Å². The summed E-state index contributed by atoms with van der Waals surface area (Å²) in [6.07, 6.45) is 2.80. The molecule has 0 amide bonds. The van der Waals surface area contributed by atoms with Gasteiger partial charge in [-0.05, 0) is 36.6 Å². The molecule has 30 heavy (non-hydrogen) atoms. The zero-order valence-corrected chi connectivity index (χ0v) is 17.8. The van der Waals surface area contributed by atoms with E-state index in [0.29, 0.717) is 0 Å². The Morgan fingerprint density at radius 3 is 2.73 bits per heavy atom. The molecule has 0 saturated carbocycles. The van der Waals surface area contributed by atoms with Crippen LogP contribution in [0.1, 0.15) is 32.3 Å². The molecule has 2 saturated heterocycles. The SMILES string of the molecule is COc1ccc(CO[C@@]2(C)C(=O)OCC3=CCN4CC[C@@H](OC(=O)C[C@@H]2C)[C@@H]34)cc1. The summed E-state index contributed by atoms with van der Waals surface area (Å²) >= 11 is 0. The first-order valence-electron chi connectivity index (χ1n) is 10.5. The van der Waals surface area contributed by atoms with E-state index in [1.807, 2.05) is 31.2 Å². The number of esters is 2. The molecular weight excluding hydrogens is 386 g/mol. The van der Waals surface area contributed by atoms with Crippen molar-refractivity contribution in [2.24, 2.45) is 5.92 Å². The predicted octanol–water partition coefficient (Wildman–Crippen LogP) is 2.48. The molecular formula is C23H29NO6. The molecule has 2 fully saturated rings. The van der Waals surface area contributed by atoms with Crippen molar-refractivity contribution in [2.75, 3.05) is 26.8 Å². The third-order valence-corrected chi connectivity index (χ3v) is 6.58. The van der Waals surface area contributed by atoms with Gasteiger partial charge in [-0.2, -0.15) is 0 Å². The maximum atomic E-state index is 13.1. The molecule has 7 heteroatoms. The number of nitrogens with zero attached hydrogens (tertiary/aromatic N) is 1. The van der Waals surface area contributed by atoms with E-state index in [2.05, 4.69) is 11.0 Å². The van der Waals surface area contributed by atoms with Gasteiger partial charge >= 0.3 is 11.9 Å². The van der Waals surface area contributed by atoms with Crippen LogP contribution in [0.15, 0.2) is 35.9 Å². The number of benzene rings is 1. The molecule has 0 aliphatic carbocycles. The van der Waals surface area contributed by atoms with Crippen molar-refractivity contribution in [2.45, 2.75) is 51.0 Å². The summed E-state index contributed by atoms with van der Waals surface area (Å²) in [6.45, 7) is 5.63. The van der Waals surface area contributed by atoms with E-state index in [9.17, 15) is 9.59 Å². The highest BCUT2D eigenvalue weighted by Crippen LogP contribution is 2.35. The van der Waals surface area contributed by atoms with Gasteiger partial charge in [0.1, 0.15) is 18.5 Å². The van der Waals surface area contributed by atoms with Gasteiger partial charge in [0, 0.05) is 19.0 Å². The molecule has 7 nitrogen and oxygen atoms in total. The first kappa shape index (κ1) is 20.9. The second-order valence-corrected chi connectivity index (χ2v) is 8.46. The average molecular weight is 415 g/mol. The average Bonchev–Trinajstić information content (AvgIpc) is 3.32. The van der Waals surface area contributed by atoms with Gasteiger partial charge in [0.25, 0.3) is 0 Å². The van der Waals surface area contributed by atoms with Crippen LogP contribution in [0, 0.1) is 5.92 Å². The van der Waals surface area contributed by atoms with Crippen LogP contribution in [0.2, 0.25) is 0 Å². The number of hydrogen-bond acceptors (Lipinski definition) is 7. The molecule has 4 rings (SSSR count). The first-order valence-corrected chi connectivity index (χ1v) is 10.5. The van der Waals surface area contributed by atoms with Crippen LogP contribution in [-0.2, 0) is 30.4 Å². The van der Waals surface area contributed by atoms with E-state index in [4.69, 9.17) is 18.9 Å².